The number of rotatable bonds is 3. The molecule has 0 aromatic carbocycles. The summed E-state index contributed by atoms with van der Waals surface area (Å²) in [7, 11) is 1.59. The molecule has 0 saturated carbocycles. The molecule has 3 aliphatic heterocycles. The molecule has 0 aliphatic carbocycles. The van der Waals surface area contributed by atoms with Crippen molar-refractivity contribution in [2.24, 2.45) is 0 Å². The van der Waals surface area contributed by atoms with Crippen LogP contribution in [0.1, 0.15) is 30.9 Å². The lowest BCUT2D eigenvalue weighted by atomic mass is 9.89. The number of pyridine rings is 1. The molecule has 2 amide bonds. The highest BCUT2D eigenvalue weighted by molar-refractivity contribution is 5.77. The van der Waals surface area contributed by atoms with Gasteiger partial charge in [0.25, 0.3) is 0 Å². The lowest BCUT2D eigenvalue weighted by Crippen LogP contribution is -2.71. The molecule has 1 N–H and O–H groups in total. The van der Waals surface area contributed by atoms with E-state index in [0.29, 0.717) is 28.9 Å². The molecule has 3 fully saturated rings. The summed E-state index contributed by atoms with van der Waals surface area (Å²) in [5.41, 5.74) is 3.02. The van der Waals surface area contributed by atoms with Gasteiger partial charge < -0.3 is 19.9 Å². The number of ether oxygens (including phenoxy) is 1. The van der Waals surface area contributed by atoms with Crippen LogP contribution >= 0.6 is 0 Å². The fraction of sp³-hybridized carbons (Fsp3) is 0.478. The molecule has 6 rings (SSSR count). The van der Waals surface area contributed by atoms with E-state index in [1.54, 1.807) is 17.8 Å². The molecular formula is C23H26N8O2. The molecule has 2 atom stereocenters. The first-order chi connectivity index (χ1) is 16.2. The summed E-state index contributed by atoms with van der Waals surface area (Å²) in [6.45, 7) is 3.35. The predicted octanol–water partition coefficient (Wildman–Crippen LogP) is 1.88. The minimum absolute atomic E-state index is 0.203. The van der Waals surface area contributed by atoms with Crippen molar-refractivity contribution < 1.29 is 9.53 Å². The normalized spacial score (nSPS) is 22.8. The Morgan fingerprint density at radius 1 is 1.12 bits per heavy atom. The average molecular weight is 447 g/mol. The van der Waals surface area contributed by atoms with Gasteiger partial charge in [-0.3, -0.25) is 4.68 Å². The van der Waals surface area contributed by atoms with Crippen molar-refractivity contribution in [3.63, 3.8) is 0 Å². The van der Waals surface area contributed by atoms with E-state index in [2.05, 4.69) is 26.5 Å². The summed E-state index contributed by atoms with van der Waals surface area (Å²) in [6.07, 6.45) is 10.2. The number of likely N-dealkylation sites (tertiary alicyclic amines) is 1. The van der Waals surface area contributed by atoms with Crippen LogP contribution in [0.5, 0.6) is 5.75 Å². The number of methoxy groups -OCH3 is 1. The minimum atomic E-state index is 0.203. The number of amides is 2. The zero-order valence-corrected chi connectivity index (χ0v) is 18.5. The largest absolute Gasteiger partial charge is 0.494 e. The Morgan fingerprint density at radius 2 is 1.91 bits per heavy atom. The third kappa shape index (κ3) is 3.23. The molecule has 33 heavy (non-hydrogen) atoms. The second kappa shape index (κ2) is 7.78. The lowest BCUT2D eigenvalue weighted by Gasteiger charge is -2.54. The third-order valence-electron chi connectivity index (χ3n) is 7.27. The molecule has 2 bridgehead atoms. The van der Waals surface area contributed by atoms with Crippen LogP contribution in [-0.2, 0) is 0 Å². The number of piperazine rings is 1. The molecule has 3 aromatic rings. The smallest absolute Gasteiger partial charge is 0.320 e. The highest BCUT2D eigenvalue weighted by atomic mass is 16.5. The van der Waals surface area contributed by atoms with Gasteiger partial charge in [0.05, 0.1) is 25.5 Å². The van der Waals surface area contributed by atoms with E-state index < -0.39 is 0 Å². The lowest BCUT2D eigenvalue weighted by molar-refractivity contribution is 0.00397. The SMILES string of the molecule is COc1cc(-c2cnn(C3CCN(C(=O)N4C5CNCC4C5)CC3)c2)cn2ncc(C#N)c12. The van der Waals surface area contributed by atoms with Gasteiger partial charge in [0.1, 0.15) is 22.9 Å². The minimum Gasteiger partial charge on any atom is -0.494 e. The van der Waals surface area contributed by atoms with Gasteiger partial charge in [-0.2, -0.15) is 15.5 Å². The van der Waals surface area contributed by atoms with Crippen LogP contribution in [0.4, 0.5) is 4.79 Å². The molecule has 170 valence electrons. The second-order valence-electron chi connectivity index (χ2n) is 9.08. The van der Waals surface area contributed by atoms with E-state index in [1.807, 2.05) is 34.2 Å². The van der Waals surface area contributed by atoms with Crippen LogP contribution in [0.3, 0.4) is 0 Å². The van der Waals surface area contributed by atoms with Crippen LogP contribution < -0.4 is 10.1 Å². The van der Waals surface area contributed by atoms with E-state index in [9.17, 15) is 10.1 Å². The zero-order valence-electron chi connectivity index (χ0n) is 18.5. The van der Waals surface area contributed by atoms with Crippen molar-refractivity contribution >= 4 is 11.5 Å². The summed E-state index contributed by atoms with van der Waals surface area (Å²) in [6, 6.07) is 5.28. The van der Waals surface area contributed by atoms with E-state index in [1.165, 1.54) is 0 Å². The van der Waals surface area contributed by atoms with Gasteiger partial charge in [0, 0.05) is 61.8 Å². The van der Waals surface area contributed by atoms with Crippen molar-refractivity contribution in [3.05, 3.63) is 36.4 Å². The molecule has 6 heterocycles. The first-order valence-corrected chi connectivity index (χ1v) is 11.4. The van der Waals surface area contributed by atoms with Gasteiger partial charge in [-0.25, -0.2) is 9.31 Å². The Morgan fingerprint density at radius 3 is 2.61 bits per heavy atom. The van der Waals surface area contributed by atoms with Gasteiger partial charge in [-0.1, -0.05) is 0 Å². The first kappa shape index (κ1) is 20.1. The van der Waals surface area contributed by atoms with E-state index >= 15 is 0 Å². The second-order valence-corrected chi connectivity index (χ2v) is 9.08. The van der Waals surface area contributed by atoms with E-state index in [-0.39, 0.29) is 12.1 Å². The van der Waals surface area contributed by atoms with Gasteiger partial charge in [-0.05, 0) is 25.3 Å². The topological polar surface area (TPSA) is 104 Å². The third-order valence-corrected chi connectivity index (χ3v) is 7.27. The van der Waals surface area contributed by atoms with Gasteiger partial charge >= 0.3 is 6.03 Å². The number of nitrogens with one attached hydrogen (secondary N) is 1. The fourth-order valence-electron chi connectivity index (χ4n) is 5.45. The Labute approximate surface area is 191 Å². The predicted molar refractivity (Wildman–Crippen MR) is 120 cm³/mol. The maximum Gasteiger partial charge on any atom is 0.320 e. The Balaban J connectivity index is 1.16. The van der Waals surface area contributed by atoms with Crippen molar-refractivity contribution in [1.82, 2.24) is 34.5 Å². The van der Waals surface area contributed by atoms with Crippen LogP contribution in [0.25, 0.3) is 16.6 Å². The number of hydrogen-bond acceptors (Lipinski definition) is 6. The Hall–Kier alpha value is -3.58. The van der Waals surface area contributed by atoms with E-state index in [0.717, 1.165) is 56.6 Å². The van der Waals surface area contributed by atoms with E-state index in [4.69, 9.17) is 4.74 Å². The average Bonchev–Trinajstić information content (AvgIpc) is 3.51. The highest BCUT2D eigenvalue weighted by Gasteiger charge is 2.46. The molecule has 0 radical (unpaired) electrons. The summed E-state index contributed by atoms with van der Waals surface area (Å²) in [5.74, 6) is 0.604. The van der Waals surface area contributed by atoms with Gasteiger partial charge in [-0.15, -0.1) is 0 Å². The highest BCUT2D eigenvalue weighted by Crippen LogP contribution is 2.33. The van der Waals surface area contributed by atoms with Crippen LogP contribution in [0, 0.1) is 11.3 Å². The molecule has 0 spiro atoms. The molecule has 3 aliphatic rings. The number of piperidine rings is 2. The molecule has 3 aromatic heterocycles. The van der Waals surface area contributed by atoms with Gasteiger partial charge in [0.15, 0.2) is 0 Å². The number of carbonyl (C=O) groups excluding carboxylic acids is 1. The Bertz CT molecular complexity index is 1240. The molecule has 2 unspecified atom stereocenters. The Kier molecular flexibility index (Phi) is 4.73. The number of aromatic nitrogens is 4. The summed E-state index contributed by atoms with van der Waals surface area (Å²) in [5, 5.41) is 21.6. The fourth-order valence-corrected chi connectivity index (χ4v) is 5.45. The number of nitrogens with zero attached hydrogens (tertiary/aromatic N) is 7. The van der Waals surface area contributed by atoms with Crippen molar-refractivity contribution in [1.29, 1.82) is 5.26 Å². The monoisotopic (exact) mass is 446 g/mol. The number of fused-ring (bicyclic) bond motifs is 3. The van der Waals surface area contributed by atoms with Crippen LogP contribution in [-0.4, -0.2) is 80.6 Å². The van der Waals surface area contributed by atoms with Gasteiger partial charge in [0.2, 0.25) is 0 Å². The quantitative estimate of drug-likeness (QED) is 0.659. The molecule has 10 nitrogen and oxygen atoms in total. The molecular weight excluding hydrogens is 420 g/mol. The molecule has 10 heteroatoms. The summed E-state index contributed by atoms with van der Waals surface area (Å²) >= 11 is 0. The van der Waals surface area contributed by atoms with Crippen molar-refractivity contribution in [3.8, 4) is 22.9 Å². The summed E-state index contributed by atoms with van der Waals surface area (Å²) in [4.78, 5) is 17.1. The maximum absolute atomic E-state index is 13.0. The standard InChI is InChI=1S/C23H26N8O2/c1-33-21-6-15(13-30-22(21)16(8-24)9-27-30)17-10-26-29(14-17)18-2-4-28(5-3-18)23(32)31-19-7-20(31)12-25-11-19/h6,9-10,13-14,18-20,25H,2-5,7,11-12H2,1H3. The molecule has 3 saturated heterocycles. The number of hydrogen-bond donors (Lipinski definition) is 1. The number of carbonyl (C=O) groups is 1. The number of nitriles is 1. The first-order valence-electron chi connectivity index (χ1n) is 11.4. The van der Waals surface area contributed by atoms with Crippen molar-refractivity contribution in [2.75, 3.05) is 33.3 Å². The van der Waals surface area contributed by atoms with Crippen molar-refractivity contribution in [2.45, 2.75) is 37.4 Å². The van der Waals surface area contributed by atoms with Crippen LogP contribution in [0.2, 0.25) is 0 Å². The summed E-state index contributed by atoms with van der Waals surface area (Å²) < 4.78 is 9.21. The zero-order chi connectivity index (χ0) is 22.5. The number of urea groups is 1. The van der Waals surface area contributed by atoms with Crippen LogP contribution in [0.15, 0.2) is 30.9 Å². The maximum atomic E-state index is 13.0.